The number of methoxy groups -OCH3 is 2. The Balaban J connectivity index is 1.97. The van der Waals surface area contributed by atoms with Crippen LogP contribution < -0.4 is 14.8 Å². The SMILES string of the molecule is CCCC(=O)NCCCS(=O)(=O)N1CCc2cc(OC)c(OC)cc2C1. The summed E-state index contributed by atoms with van der Waals surface area (Å²) in [6, 6.07) is 3.77. The lowest BCUT2D eigenvalue weighted by molar-refractivity contribution is -0.121. The summed E-state index contributed by atoms with van der Waals surface area (Å²) in [5.74, 6) is 1.26. The van der Waals surface area contributed by atoms with Crippen molar-refractivity contribution in [3.8, 4) is 11.5 Å². The summed E-state index contributed by atoms with van der Waals surface area (Å²) in [6.07, 6.45) is 2.31. The van der Waals surface area contributed by atoms with E-state index in [4.69, 9.17) is 9.47 Å². The summed E-state index contributed by atoms with van der Waals surface area (Å²) in [5, 5.41) is 2.75. The molecule has 7 nitrogen and oxygen atoms in total. The maximum atomic E-state index is 12.6. The molecule has 0 fully saturated rings. The number of hydrogen-bond acceptors (Lipinski definition) is 5. The fourth-order valence-electron chi connectivity index (χ4n) is 3.02. The molecule has 0 atom stereocenters. The van der Waals surface area contributed by atoms with Gasteiger partial charge in [-0.05, 0) is 42.5 Å². The first kappa shape index (κ1) is 20.5. The van der Waals surface area contributed by atoms with Gasteiger partial charge < -0.3 is 14.8 Å². The van der Waals surface area contributed by atoms with Gasteiger partial charge in [0.15, 0.2) is 11.5 Å². The first-order chi connectivity index (χ1) is 12.4. The minimum absolute atomic E-state index is 0.0298. The van der Waals surface area contributed by atoms with Gasteiger partial charge in [0.1, 0.15) is 0 Å². The summed E-state index contributed by atoms with van der Waals surface area (Å²) < 4.78 is 37.3. The third-order valence-electron chi connectivity index (χ3n) is 4.45. The van der Waals surface area contributed by atoms with Crippen LogP contribution in [0, 0.1) is 0 Å². The van der Waals surface area contributed by atoms with Crippen molar-refractivity contribution in [1.29, 1.82) is 0 Å². The monoisotopic (exact) mass is 384 g/mol. The molecule has 0 spiro atoms. The third-order valence-corrected chi connectivity index (χ3v) is 6.36. The van der Waals surface area contributed by atoms with E-state index in [2.05, 4.69) is 5.32 Å². The van der Waals surface area contributed by atoms with Gasteiger partial charge in [0.05, 0.1) is 20.0 Å². The maximum Gasteiger partial charge on any atom is 0.219 e. The Morgan fingerprint density at radius 2 is 1.85 bits per heavy atom. The summed E-state index contributed by atoms with van der Waals surface area (Å²) in [4.78, 5) is 11.4. The second kappa shape index (κ2) is 9.23. The van der Waals surface area contributed by atoms with Crippen LogP contribution in [-0.4, -0.2) is 51.7 Å². The Bertz CT molecular complexity index is 733. The fourth-order valence-corrected chi connectivity index (χ4v) is 4.49. The van der Waals surface area contributed by atoms with Crippen LogP contribution in [0.4, 0.5) is 0 Å². The highest BCUT2D eigenvalue weighted by Crippen LogP contribution is 2.33. The van der Waals surface area contributed by atoms with E-state index in [0.717, 1.165) is 17.5 Å². The average Bonchev–Trinajstić information content (AvgIpc) is 2.63. The van der Waals surface area contributed by atoms with Crippen LogP contribution in [0.25, 0.3) is 0 Å². The molecule has 1 aliphatic rings. The zero-order valence-corrected chi connectivity index (χ0v) is 16.5. The van der Waals surface area contributed by atoms with Crippen LogP contribution in [0.15, 0.2) is 12.1 Å². The smallest absolute Gasteiger partial charge is 0.219 e. The highest BCUT2D eigenvalue weighted by Gasteiger charge is 2.27. The lowest BCUT2D eigenvalue weighted by atomic mass is 10.0. The van der Waals surface area contributed by atoms with E-state index in [9.17, 15) is 13.2 Å². The standard InChI is InChI=1S/C18H28N2O5S/c1-4-6-18(21)19-8-5-10-26(22,23)20-9-7-14-11-16(24-2)17(25-3)12-15(14)13-20/h11-12H,4-10,13H2,1-3H3,(H,19,21). The lowest BCUT2D eigenvalue weighted by Gasteiger charge is -2.29. The highest BCUT2D eigenvalue weighted by molar-refractivity contribution is 7.89. The molecule has 0 radical (unpaired) electrons. The molecule has 8 heteroatoms. The summed E-state index contributed by atoms with van der Waals surface area (Å²) in [6.45, 7) is 3.10. The molecule has 0 bridgehead atoms. The average molecular weight is 384 g/mol. The summed E-state index contributed by atoms with van der Waals surface area (Å²) in [7, 11) is -0.211. The normalized spacial score (nSPS) is 14.6. The van der Waals surface area contributed by atoms with Crippen LogP contribution in [0.5, 0.6) is 11.5 Å². The van der Waals surface area contributed by atoms with Crippen molar-refractivity contribution < 1.29 is 22.7 Å². The second-order valence-corrected chi connectivity index (χ2v) is 8.42. The topological polar surface area (TPSA) is 84.9 Å². The number of nitrogens with one attached hydrogen (secondary N) is 1. The number of hydrogen-bond donors (Lipinski definition) is 1. The first-order valence-electron chi connectivity index (χ1n) is 8.89. The molecule has 1 aliphatic heterocycles. The number of sulfonamides is 1. The Morgan fingerprint density at radius 1 is 1.19 bits per heavy atom. The van der Waals surface area contributed by atoms with Crippen molar-refractivity contribution >= 4 is 15.9 Å². The molecule has 146 valence electrons. The van der Waals surface area contributed by atoms with Crippen LogP contribution in [0.3, 0.4) is 0 Å². The molecule has 0 unspecified atom stereocenters. The third kappa shape index (κ3) is 5.11. The van der Waals surface area contributed by atoms with Crippen LogP contribution in [-0.2, 0) is 27.8 Å². The van der Waals surface area contributed by atoms with E-state index < -0.39 is 10.0 Å². The molecular weight excluding hydrogens is 356 g/mol. The lowest BCUT2D eigenvalue weighted by Crippen LogP contribution is -2.38. The first-order valence-corrected chi connectivity index (χ1v) is 10.5. The Labute approximate surface area is 155 Å². The molecule has 1 aromatic rings. The van der Waals surface area contributed by atoms with Crippen LogP contribution in [0.1, 0.15) is 37.3 Å². The molecule has 1 N–H and O–H groups in total. The van der Waals surface area contributed by atoms with E-state index in [1.807, 2.05) is 19.1 Å². The highest BCUT2D eigenvalue weighted by atomic mass is 32.2. The quantitative estimate of drug-likeness (QED) is 0.655. The van der Waals surface area contributed by atoms with E-state index in [1.165, 1.54) is 4.31 Å². The van der Waals surface area contributed by atoms with Crippen LogP contribution in [0.2, 0.25) is 0 Å². The zero-order chi connectivity index (χ0) is 19.2. The molecule has 1 amide bonds. The van der Waals surface area contributed by atoms with Crippen molar-refractivity contribution in [1.82, 2.24) is 9.62 Å². The number of carbonyl (C=O) groups is 1. The number of fused-ring (bicyclic) bond motifs is 1. The van der Waals surface area contributed by atoms with Gasteiger partial charge in [-0.2, -0.15) is 4.31 Å². The molecule has 0 saturated carbocycles. The molecule has 1 aromatic carbocycles. The fraction of sp³-hybridized carbons (Fsp3) is 0.611. The van der Waals surface area contributed by atoms with Crippen molar-refractivity contribution in [3.05, 3.63) is 23.3 Å². The molecule has 2 rings (SSSR count). The van der Waals surface area contributed by atoms with Crippen LogP contribution >= 0.6 is 0 Å². The summed E-state index contributed by atoms with van der Waals surface area (Å²) in [5.41, 5.74) is 2.02. The number of ether oxygens (including phenoxy) is 2. The van der Waals surface area contributed by atoms with E-state index in [1.54, 1.807) is 14.2 Å². The Kier molecular flexibility index (Phi) is 7.28. The Hall–Kier alpha value is -1.80. The predicted molar refractivity (Wildman–Crippen MR) is 100.0 cm³/mol. The summed E-state index contributed by atoms with van der Waals surface area (Å²) >= 11 is 0. The number of amides is 1. The molecule has 1 heterocycles. The van der Waals surface area contributed by atoms with Crippen molar-refractivity contribution in [2.75, 3.05) is 33.1 Å². The molecule has 0 saturated heterocycles. The van der Waals surface area contributed by atoms with Gasteiger partial charge in [0, 0.05) is 26.1 Å². The molecule has 0 aromatic heterocycles. The molecular formula is C18H28N2O5S. The minimum atomic E-state index is -3.36. The van der Waals surface area contributed by atoms with Gasteiger partial charge in [-0.25, -0.2) is 8.42 Å². The van der Waals surface area contributed by atoms with E-state index >= 15 is 0 Å². The van der Waals surface area contributed by atoms with E-state index in [-0.39, 0.29) is 11.7 Å². The van der Waals surface area contributed by atoms with Gasteiger partial charge in [0.2, 0.25) is 15.9 Å². The van der Waals surface area contributed by atoms with E-state index in [0.29, 0.717) is 50.4 Å². The maximum absolute atomic E-state index is 12.6. The minimum Gasteiger partial charge on any atom is -0.493 e. The number of rotatable bonds is 9. The van der Waals surface area contributed by atoms with Gasteiger partial charge >= 0.3 is 0 Å². The largest absolute Gasteiger partial charge is 0.493 e. The van der Waals surface area contributed by atoms with Gasteiger partial charge in [-0.15, -0.1) is 0 Å². The number of nitrogens with zero attached hydrogens (tertiary/aromatic N) is 1. The van der Waals surface area contributed by atoms with Crippen molar-refractivity contribution in [3.63, 3.8) is 0 Å². The number of benzene rings is 1. The van der Waals surface area contributed by atoms with Gasteiger partial charge in [-0.1, -0.05) is 6.92 Å². The number of carbonyl (C=O) groups excluding carboxylic acids is 1. The van der Waals surface area contributed by atoms with Crippen molar-refractivity contribution in [2.24, 2.45) is 0 Å². The second-order valence-electron chi connectivity index (χ2n) is 6.33. The molecule has 0 aliphatic carbocycles. The zero-order valence-electron chi connectivity index (χ0n) is 15.7. The van der Waals surface area contributed by atoms with Crippen molar-refractivity contribution in [2.45, 2.75) is 39.2 Å². The molecule has 26 heavy (non-hydrogen) atoms. The predicted octanol–water partition coefficient (Wildman–Crippen LogP) is 1.70. The Morgan fingerprint density at radius 3 is 2.46 bits per heavy atom. The van der Waals surface area contributed by atoms with Gasteiger partial charge in [0.25, 0.3) is 0 Å². The van der Waals surface area contributed by atoms with Gasteiger partial charge in [-0.3, -0.25) is 4.79 Å².